The predicted octanol–water partition coefficient (Wildman–Crippen LogP) is 4.42. The molecule has 0 aliphatic carbocycles. The van der Waals surface area contributed by atoms with E-state index in [0.717, 1.165) is 31.5 Å². The Labute approximate surface area is 127 Å². The lowest BCUT2D eigenvalue weighted by atomic mass is 10.1. The maximum atomic E-state index is 12.6. The molecule has 0 saturated carbocycles. The molecule has 0 aliphatic rings. The normalized spacial score (nSPS) is 12.1. The van der Waals surface area contributed by atoms with E-state index < -0.39 is 0 Å². The van der Waals surface area contributed by atoms with Crippen molar-refractivity contribution in [2.45, 2.75) is 46.1 Å². The number of carbonyl (C=O) groups is 1. The van der Waals surface area contributed by atoms with Gasteiger partial charge >= 0.3 is 0 Å². The zero-order valence-corrected chi connectivity index (χ0v) is 13.6. The van der Waals surface area contributed by atoms with E-state index in [-0.39, 0.29) is 11.9 Å². The summed E-state index contributed by atoms with van der Waals surface area (Å²) in [4.78, 5) is 14.4. The van der Waals surface area contributed by atoms with E-state index in [1.807, 2.05) is 19.2 Å². The number of nitrogens with zero attached hydrogens (tertiary/aromatic N) is 1. The number of benzene rings is 1. The average Bonchev–Trinajstić information content (AvgIpc) is 2.44. The second-order valence-electron chi connectivity index (χ2n) is 5.17. The Kier molecular flexibility index (Phi) is 6.86. The number of anilines is 1. The number of nitrogens with one attached hydrogen (secondary N) is 1. The molecule has 1 atom stereocenters. The Morgan fingerprint density at radius 1 is 1.35 bits per heavy atom. The van der Waals surface area contributed by atoms with Crippen LogP contribution in [0.4, 0.5) is 5.69 Å². The summed E-state index contributed by atoms with van der Waals surface area (Å²) in [6.45, 7) is 7.14. The number of amides is 1. The van der Waals surface area contributed by atoms with Gasteiger partial charge in [0.05, 0.1) is 5.56 Å². The molecule has 0 saturated heterocycles. The Balaban J connectivity index is 2.97. The van der Waals surface area contributed by atoms with Gasteiger partial charge in [-0.25, -0.2) is 0 Å². The lowest BCUT2D eigenvalue weighted by molar-refractivity contribution is 0.0737. The van der Waals surface area contributed by atoms with Crippen molar-refractivity contribution >= 4 is 23.2 Å². The molecule has 1 aromatic carbocycles. The minimum absolute atomic E-state index is 0.0204. The molecule has 0 heterocycles. The molecule has 0 spiro atoms. The number of halogens is 1. The van der Waals surface area contributed by atoms with Crippen LogP contribution in [0.3, 0.4) is 0 Å². The van der Waals surface area contributed by atoms with Gasteiger partial charge in [0.15, 0.2) is 0 Å². The molecule has 1 N–H and O–H groups in total. The van der Waals surface area contributed by atoms with Crippen molar-refractivity contribution < 1.29 is 4.79 Å². The highest BCUT2D eigenvalue weighted by Crippen LogP contribution is 2.23. The number of carbonyl (C=O) groups excluding carboxylic acids is 1. The SMILES string of the molecule is CCCNc1ccc(Cl)cc1C(=O)N(C)C(C)CCC. The molecule has 1 unspecified atom stereocenters. The maximum absolute atomic E-state index is 12.6. The molecule has 112 valence electrons. The largest absolute Gasteiger partial charge is 0.384 e. The van der Waals surface area contributed by atoms with Crippen LogP contribution in [-0.4, -0.2) is 30.4 Å². The Morgan fingerprint density at radius 2 is 2.05 bits per heavy atom. The fourth-order valence-corrected chi connectivity index (χ4v) is 2.28. The number of hydrogen-bond acceptors (Lipinski definition) is 2. The van der Waals surface area contributed by atoms with Gasteiger partial charge in [0.1, 0.15) is 0 Å². The fourth-order valence-electron chi connectivity index (χ4n) is 2.11. The molecule has 1 rings (SSSR count). The average molecular weight is 297 g/mol. The lowest BCUT2D eigenvalue weighted by Gasteiger charge is -2.26. The summed E-state index contributed by atoms with van der Waals surface area (Å²) < 4.78 is 0. The Hall–Kier alpha value is -1.22. The van der Waals surface area contributed by atoms with Crippen molar-refractivity contribution in [1.29, 1.82) is 0 Å². The van der Waals surface area contributed by atoms with Crippen LogP contribution in [0.15, 0.2) is 18.2 Å². The van der Waals surface area contributed by atoms with Crippen LogP contribution in [0, 0.1) is 0 Å². The second-order valence-corrected chi connectivity index (χ2v) is 5.61. The van der Waals surface area contributed by atoms with Gasteiger partial charge in [-0.1, -0.05) is 31.9 Å². The molecule has 3 nitrogen and oxygen atoms in total. The molecule has 4 heteroatoms. The van der Waals surface area contributed by atoms with Gasteiger partial charge in [0, 0.05) is 30.3 Å². The molecule has 0 aliphatic heterocycles. The minimum atomic E-state index is 0.0204. The van der Waals surface area contributed by atoms with Crippen molar-refractivity contribution in [2.75, 3.05) is 18.9 Å². The van der Waals surface area contributed by atoms with E-state index in [0.29, 0.717) is 10.6 Å². The first-order valence-corrected chi connectivity index (χ1v) is 7.69. The van der Waals surface area contributed by atoms with Crippen LogP contribution in [0.1, 0.15) is 50.4 Å². The first kappa shape index (κ1) is 16.8. The van der Waals surface area contributed by atoms with Crippen molar-refractivity contribution in [3.8, 4) is 0 Å². The van der Waals surface area contributed by atoms with E-state index in [4.69, 9.17) is 11.6 Å². The summed E-state index contributed by atoms with van der Waals surface area (Å²) in [5, 5.41) is 3.88. The first-order valence-electron chi connectivity index (χ1n) is 7.31. The third-order valence-corrected chi connectivity index (χ3v) is 3.70. The van der Waals surface area contributed by atoms with Crippen LogP contribution in [0.25, 0.3) is 0 Å². The van der Waals surface area contributed by atoms with Gasteiger partial charge < -0.3 is 10.2 Å². The summed E-state index contributed by atoms with van der Waals surface area (Å²) in [5.74, 6) is 0.0204. The molecule has 0 fully saturated rings. The minimum Gasteiger partial charge on any atom is -0.384 e. The van der Waals surface area contributed by atoms with Gasteiger partial charge in [-0.05, 0) is 38.0 Å². The van der Waals surface area contributed by atoms with Crippen LogP contribution in [0.2, 0.25) is 5.02 Å². The Morgan fingerprint density at radius 3 is 2.65 bits per heavy atom. The zero-order chi connectivity index (χ0) is 15.1. The molecule has 1 aromatic rings. The van der Waals surface area contributed by atoms with E-state index in [9.17, 15) is 4.79 Å². The highest BCUT2D eigenvalue weighted by Gasteiger charge is 2.20. The Bertz CT molecular complexity index is 448. The summed E-state index contributed by atoms with van der Waals surface area (Å²) in [6, 6.07) is 5.66. The third kappa shape index (κ3) is 4.41. The van der Waals surface area contributed by atoms with E-state index in [1.165, 1.54) is 0 Å². The van der Waals surface area contributed by atoms with Gasteiger partial charge in [-0.3, -0.25) is 4.79 Å². The topological polar surface area (TPSA) is 32.3 Å². The molecule has 20 heavy (non-hydrogen) atoms. The highest BCUT2D eigenvalue weighted by molar-refractivity contribution is 6.31. The van der Waals surface area contributed by atoms with Crippen LogP contribution >= 0.6 is 11.6 Å². The van der Waals surface area contributed by atoms with Crippen LogP contribution in [0.5, 0.6) is 0 Å². The van der Waals surface area contributed by atoms with E-state index in [2.05, 4.69) is 26.1 Å². The number of hydrogen-bond donors (Lipinski definition) is 1. The van der Waals surface area contributed by atoms with Crippen molar-refractivity contribution in [3.05, 3.63) is 28.8 Å². The van der Waals surface area contributed by atoms with Crippen molar-refractivity contribution in [3.63, 3.8) is 0 Å². The van der Waals surface area contributed by atoms with Crippen molar-refractivity contribution in [2.24, 2.45) is 0 Å². The van der Waals surface area contributed by atoms with E-state index >= 15 is 0 Å². The smallest absolute Gasteiger partial charge is 0.255 e. The first-order chi connectivity index (χ1) is 9.51. The summed E-state index contributed by atoms with van der Waals surface area (Å²) in [5.41, 5.74) is 1.51. The van der Waals surface area contributed by atoms with Gasteiger partial charge in [-0.15, -0.1) is 0 Å². The highest BCUT2D eigenvalue weighted by atomic mass is 35.5. The van der Waals surface area contributed by atoms with Gasteiger partial charge in [0.25, 0.3) is 5.91 Å². The zero-order valence-electron chi connectivity index (χ0n) is 12.9. The molecule has 0 bridgehead atoms. The third-order valence-electron chi connectivity index (χ3n) is 3.47. The lowest BCUT2D eigenvalue weighted by Crippen LogP contribution is -2.35. The fraction of sp³-hybridized carbons (Fsp3) is 0.562. The van der Waals surface area contributed by atoms with E-state index in [1.54, 1.807) is 11.0 Å². The summed E-state index contributed by atoms with van der Waals surface area (Å²) >= 11 is 6.04. The molecule has 0 aromatic heterocycles. The second kappa shape index (κ2) is 8.15. The molecular weight excluding hydrogens is 272 g/mol. The van der Waals surface area contributed by atoms with Crippen LogP contribution in [-0.2, 0) is 0 Å². The number of rotatable bonds is 7. The quantitative estimate of drug-likeness (QED) is 0.807. The molecule has 0 radical (unpaired) electrons. The van der Waals surface area contributed by atoms with Gasteiger partial charge in [0.2, 0.25) is 0 Å². The summed E-state index contributed by atoms with van der Waals surface area (Å²) in [7, 11) is 1.85. The van der Waals surface area contributed by atoms with Crippen LogP contribution < -0.4 is 5.32 Å². The van der Waals surface area contributed by atoms with Crippen molar-refractivity contribution in [1.82, 2.24) is 4.90 Å². The summed E-state index contributed by atoms with van der Waals surface area (Å²) in [6.07, 6.45) is 3.08. The van der Waals surface area contributed by atoms with Gasteiger partial charge in [-0.2, -0.15) is 0 Å². The maximum Gasteiger partial charge on any atom is 0.255 e. The molecular formula is C16H25ClN2O. The monoisotopic (exact) mass is 296 g/mol. The predicted molar refractivity (Wildman–Crippen MR) is 86.7 cm³/mol. The standard InChI is InChI=1S/C16H25ClN2O/c1-5-7-12(3)19(4)16(20)14-11-13(17)8-9-15(14)18-10-6-2/h8-9,11-12,18H,5-7,10H2,1-4H3. The molecule has 1 amide bonds.